The highest BCUT2D eigenvalue weighted by Crippen LogP contribution is 2.38. The van der Waals surface area contributed by atoms with Crippen molar-refractivity contribution in [3.8, 4) is 17.1 Å². The van der Waals surface area contributed by atoms with Crippen LogP contribution in [0, 0.1) is 5.82 Å². The molecule has 33 heavy (non-hydrogen) atoms. The van der Waals surface area contributed by atoms with Crippen LogP contribution in [0.15, 0.2) is 28.7 Å². The Morgan fingerprint density at radius 1 is 1.03 bits per heavy atom. The molecule has 0 bridgehead atoms. The van der Waals surface area contributed by atoms with E-state index in [4.69, 9.17) is 29.2 Å². The van der Waals surface area contributed by atoms with E-state index in [9.17, 15) is 4.39 Å². The van der Waals surface area contributed by atoms with Gasteiger partial charge in [-0.1, -0.05) is 0 Å². The monoisotopic (exact) mass is 450 g/mol. The molecule has 0 spiro atoms. The Kier molecular flexibility index (Phi) is 4.17. The Morgan fingerprint density at radius 3 is 2.55 bits per heavy atom. The maximum atomic E-state index is 14.7. The molecule has 170 valence electrons. The molecule has 6 rings (SSSR count). The minimum absolute atomic E-state index is 0.0373. The normalized spacial score (nSPS) is 19.2. The van der Waals surface area contributed by atoms with Crippen molar-refractivity contribution < 1.29 is 22.9 Å². The van der Waals surface area contributed by atoms with Gasteiger partial charge in [-0.3, -0.25) is 0 Å². The van der Waals surface area contributed by atoms with Gasteiger partial charge in [0.25, 0.3) is 6.01 Å². The average Bonchev–Trinajstić information content (AvgIpc) is 3.29. The molecule has 2 N–H and O–H groups in total. The van der Waals surface area contributed by atoms with Gasteiger partial charge in [0.2, 0.25) is 0 Å². The molecule has 0 unspecified atom stereocenters. The summed E-state index contributed by atoms with van der Waals surface area (Å²) < 4.78 is 40.6. The molecule has 2 aliphatic rings. The van der Waals surface area contributed by atoms with E-state index in [1.807, 2.05) is 39.8 Å². The van der Waals surface area contributed by atoms with Crippen LogP contribution in [0.1, 0.15) is 34.1 Å². The first-order valence-electron chi connectivity index (χ1n) is 11.0. The third-order valence-corrected chi connectivity index (χ3v) is 6.86. The predicted octanol–water partition coefficient (Wildman–Crippen LogP) is 3.65. The van der Waals surface area contributed by atoms with Crippen molar-refractivity contribution in [3.05, 3.63) is 30.1 Å². The molecular formula is C23H24BFN4O4. The molecule has 1 fully saturated rings. The van der Waals surface area contributed by atoms with Crippen molar-refractivity contribution in [2.75, 3.05) is 12.3 Å². The first-order valence-corrected chi connectivity index (χ1v) is 11.0. The van der Waals surface area contributed by atoms with E-state index in [1.54, 1.807) is 6.07 Å². The smallest absolute Gasteiger partial charge is 0.491 e. The number of anilines is 1. The van der Waals surface area contributed by atoms with Crippen LogP contribution in [0.2, 0.25) is 0 Å². The van der Waals surface area contributed by atoms with Crippen molar-refractivity contribution in [2.45, 2.75) is 51.9 Å². The summed E-state index contributed by atoms with van der Waals surface area (Å²) >= 11 is 0. The highest BCUT2D eigenvalue weighted by atomic mass is 19.1. The highest BCUT2D eigenvalue weighted by Gasteiger charge is 2.52. The van der Waals surface area contributed by atoms with Gasteiger partial charge in [0.15, 0.2) is 11.4 Å². The molecule has 1 saturated heterocycles. The molecule has 8 nitrogen and oxygen atoms in total. The van der Waals surface area contributed by atoms with E-state index >= 15 is 0 Å². The second-order valence-electron chi connectivity index (χ2n) is 9.62. The summed E-state index contributed by atoms with van der Waals surface area (Å²) in [5.41, 5.74) is 8.11. The average molecular weight is 450 g/mol. The fraction of sp³-hybridized carbons (Fsp3) is 0.391. The Hall–Kier alpha value is -3.11. The van der Waals surface area contributed by atoms with Gasteiger partial charge >= 0.3 is 7.12 Å². The molecule has 10 heteroatoms. The van der Waals surface area contributed by atoms with Crippen LogP contribution in [0.4, 0.5) is 10.4 Å². The zero-order valence-electron chi connectivity index (χ0n) is 18.9. The lowest BCUT2D eigenvalue weighted by Gasteiger charge is -2.32. The van der Waals surface area contributed by atoms with E-state index in [2.05, 4.69) is 9.55 Å². The van der Waals surface area contributed by atoms with Crippen molar-refractivity contribution in [2.24, 2.45) is 0 Å². The van der Waals surface area contributed by atoms with Gasteiger partial charge < -0.3 is 28.8 Å². The zero-order valence-corrected chi connectivity index (χ0v) is 18.9. The van der Waals surface area contributed by atoms with Crippen molar-refractivity contribution in [1.29, 1.82) is 0 Å². The molecule has 4 aromatic rings. The van der Waals surface area contributed by atoms with Crippen LogP contribution in [-0.4, -0.2) is 39.5 Å². The minimum atomic E-state index is -0.539. The number of nitrogen functional groups attached to an aromatic ring is 1. The summed E-state index contributed by atoms with van der Waals surface area (Å²) in [7, 11) is -0.539. The molecule has 0 saturated carbocycles. The molecule has 2 aromatic carbocycles. The number of nitrogens with zero attached hydrogens (tertiary/aromatic N) is 3. The lowest BCUT2D eigenvalue weighted by atomic mass is 9.79. The zero-order chi connectivity index (χ0) is 23.1. The maximum Gasteiger partial charge on any atom is 0.495 e. The summed E-state index contributed by atoms with van der Waals surface area (Å²) in [5, 5.41) is 0. The van der Waals surface area contributed by atoms with E-state index in [0.717, 1.165) is 22.9 Å². The van der Waals surface area contributed by atoms with E-state index in [1.165, 1.54) is 6.07 Å². The molecule has 0 amide bonds. The number of hydrogen-bond acceptors (Lipinski definition) is 7. The van der Waals surface area contributed by atoms with Gasteiger partial charge in [-0.25, -0.2) is 9.37 Å². The topological polar surface area (TPSA) is 97.6 Å². The van der Waals surface area contributed by atoms with Crippen LogP contribution in [0.25, 0.3) is 33.5 Å². The number of fused-ring (bicyclic) bond motifs is 1. The van der Waals surface area contributed by atoms with E-state index in [0.29, 0.717) is 35.8 Å². The number of imidazole rings is 1. The Morgan fingerprint density at radius 2 is 1.79 bits per heavy atom. The SMILES string of the molecule is CC1(C)OB(c2cc3c4c(c2)nc(-c2cc(F)c5oc(N)nc5c2)n4CCCO3)OC1(C)C. The number of hydrogen-bond donors (Lipinski definition) is 1. The third kappa shape index (κ3) is 3.04. The third-order valence-electron chi connectivity index (χ3n) is 6.86. The lowest BCUT2D eigenvalue weighted by molar-refractivity contribution is 0.00578. The van der Waals surface area contributed by atoms with Crippen LogP contribution in [-0.2, 0) is 15.9 Å². The fourth-order valence-corrected chi connectivity index (χ4v) is 4.46. The van der Waals surface area contributed by atoms with Crippen LogP contribution < -0.4 is 15.9 Å². The molecule has 2 aliphatic heterocycles. The van der Waals surface area contributed by atoms with E-state index < -0.39 is 24.1 Å². The summed E-state index contributed by atoms with van der Waals surface area (Å²) in [6.45, 7) is 9.33. The largest absolute Gasteiger partial charge is 0.495 e. The number of halogens is 1. The first-order chi connectivity index (χ1) is 15.6. The van der Waals surface area contributed by atoms with E-state index in [-0.39, 0.29) is 11.6 Å². The molecular weight excluding hydrogens is 426 g/mol. The highest BCUT2D eigenvalue weighted by molar-refractivity contribution is 6.62. The summed E-state index contributed by atoms with van der Waals surface area (Å²) in [6.07, 6.45) is 0.792. The summed E-state index contributed by atoms with van der Waals surface area (Å²) in [6, 6.07) is 6.98. The van der Waals surface area contributed by atoms with Crippen LogP contribution in [0.5, 0.6) is 5.75 Å². The number of rotatable bonds is 2. The Balaban J connectivity index is 1.52. The lowest BCUT2D eigenvalue weighted by Crippen LogP contribution is -2.41. The second kappa shape index (κ2) is 6.71. The van der Waals surface area contributed by atoms with Gasteiger partial charge in [-0.2, -0.15) is 4.98 Å². The van der Waals surface area contributed by atoms with Gasteiger partial charge in [0, 0.05) is 12.1 Å². The standard InChI is InChI=1S/C23H24BFN4O4/c1-22(2)23(3,4)33-24(32-22)13-10-15-18-17(11-13)30-7-5-6-29(18)20(27-15)12-8-14(25)19-16(9-12)28-21(26)31-19/h8-11H,5-7H2,1-4H3,(H2,26,28). The number of benzene rings is 2. The van der Waals surface area contributed by atoms with Gasteiger partial charge in [0.05, 0.1) is 23.3 Å². The Bertz CT molecular complexity index is 1410. The van der Waals surface area contributed by atoms with Crippen LogP contribution >= 0.6 is 0 Å². The van der Waals surface area contributed by atoms with Crippen molar-refractivity contribution >= 4 is 40.7 Å². The van der Waals surface area contributed by atoms with Gasteiger partial charge in [-0.05, 0) is 63.8 Å². The number of aryl methyl sites for hydroxylation is 1. The number of nitrogens with two attached hydrogens (primary N) is 1. The predicted molar refractivity (Wildman–Crippen MR) is 123 cm³/mol. The Labute approximate surface area is 190 Å². The molecule has 0 aliphatic carbocycles. The molecule has 2 aromatic heterocycles. The maximum absolute atomic E-state index is 14.7. The first kappa shape index (κ1) is 20.5. The number of ether oxygens (including phenoxy) is 1. The van der Waals surface area contributed by atoms with Gasteiger partial charge in [0.1, 0.15) is 22.6 Å². The second-order valence-corrected chi connectivity index (χ2v) is 9.62. The molecule has 4 heterocycles. The molecule has 0 radical (unpaired) electrons. The quantitative estimate of drug-likeness (QED) is 0.466. The van der Waals surface area contributed by atoms with Crippen molar-refractivity contribution in [1.82, 2.24) is 14.5 Å². The number of oxazole rings is 1. The summed E-state index contributed by atoms with van der Waals surface area (Å²) in [5.74, 6) is 0.806. The van der Waals surface area contributed by atoms with Crippen molar-refractivity contribution in [3.63, 3.8) is 0 Å². The van der Waals surface area contributed by atoms with Crippen LogP contribution in [0.3, 0.4) is 0 Å². The van der Waals surface area contributed by atoms with Gasteiger partial charge in [-0.15, -0.1) is 0 Å². The fourth-order valence-electron chi connectivity index (χ4n) is 4.46. The minimum Gasteiger partial charge on any atom is -0.491 e. The summed E-state index contributed by atoms with van der Waals surface area (Å²) in [4.78, 5) is 8.96. The number of aromatic nitrogens is 3. The molecule has 0 atom stereocenters.